The summed E-state index contributed by atoms with van der Waals surface area (Å²) in [6, 6.07) is 4.50. The van der Waals surface area contributed by atoms with Crippen LogP contribution >= 0.6 is 0 Å². The molecule has 1 unspecified atom stereocenters. The van der Waals surface area contributed by atoms with Crippen LogP contribution in [0, 0.1) is 5.92 Å². The highest BCUT2D eigenvalue weighted by atomic mass is 16.6. The minimum atomic E-state index is -0.946. The Kier molecular flexibility index (Phi) is 22.6. The van der Waals surface area contributed by atoms with Crippen LogP contribution in [0.5, 0.6) is 0 Å². The number of nitrogens with zero attached hydrogens (tertiary/aromatic N) is 4. The fourth-order valence-electron chi connectivity index (χ4n) is 9.36. The van der Waals surface area contributed by atoms with Crippen LogP contribution in [0.3, 0.4) is 0 Å². The summed E-state index contributed by atoms with van der Waals surface area (Å²) >= 11 is 0. The Hall–Kier alpha value is -4.66. The third-order valence-corrected chi connectivity index (χ3v) is 13.3. The van der Waals surface area contributed by atoms with Crippen molar-refractivity contribution in [2.75, 3.05) is 106 Å². The number of piperazine rings is 1. The molecule has 3 fully saturated rings. The third-order valence-electron chi connectivity index (χ3n) is 13.3. The Bertz CT molecular complexity index is 1850. The number of benzene rings is 1. The zero-order valence-electron chi connectivity index (χ0n) is 41.6. The number of likely N-dealkylation sites (N-methyl/N-ethyl adjacent to an activating group) is 1. The van der Waals surface area contributed by atoms with Gasteiger partial charge in [0.25, 0.3) is 0 Å². The summed E-state index contributed by atoms with van der Waals surface area (Å²) in [4.78, 5) is 87.1. The summed E-state index contributed by atoms with van der Waals surface area (Å²) in [6.07, 6.45) is 9.25. The van der Waals surface area contributed by atoms with E-state index >= 15 is 0 Å². The molecular weight excluding hydrogens is 891 g/mol. The monoisotopic (exact) mass is 970 g/mol. The van der Waals surface area contributed by atoms with Crippen molar-refractivity contribution in [1.29, 1.82) is 0 Å². The van der Waals surface area contributed by atoms with Crippen molar-refractivity contribution in [3.8, 4) is 0 Å². The number of aliphatic carboxylic acids is 1. The van der Waals surface area contributed by atoms with E-state index < -0.39 is 47.7 Å². The number of rotatable bonds is 25. The van der Waals surface area contributed by atoms with Crippen LogP contribution in [-0.4, -0.2) is 196 Å². The Morgan fingerprint density at radius 1 is 0.826 bits per heavy atom. The first kappa shape index (κ1) is 55.3. The van der Waals surface area contributed by atoms with Gasteiger partial charge in [0.1, 0.15) is 30.3 Å². The van der Waals surface area contributed by atoms with Gasteiger partial charge in [0.15, 0.2) is 0 Å². The highest BCUT2D eigenvalue weighted by molar-refractivity contribution is 5.94. The lowest BCUT2D eigenvalue weighted by atomic mass is 9.83. The van der Waals surface area contributed by atoms with Crippen LogP contribution in [0.4, 0.5) is 4.79 Å². The molecule has 2 aliphatic heterocycles. The third kappa shape index (κ3) is 18.6. The van der Waals surface area contributed by atoms with Crippen molar-refractivity contribution in [2.45, 2.75) is 121 Å². The van der Waals surface area contributed by atoms with Crippen LogP contribution in [0.2, 0.25) is 0 Å². The molecule has 1 aromatic rings. The maximum atomic E-state index is 14.9. The first-order chi connectivity index (χ1) is 33.1. The van der Waals surface area contributed by atoms with Crippen molar-refractivity contribution in [3.63, 3.8) is 0 Å². The lowest BCUT2D eigenvalue weighted by Gasteiger charge is -2.36. The van der Waals surface area contributed by atoms with Crippen LogP contribution in [0.1, 0.15) is 96.2 Å². The average molecular weight is 970 g/mol. The van der Waals surface area contributed by atoms with Gasteiger partial charge >= 0.3 is 12.1 Å². The number of likely N-dealkylation sites (tertiary alicyclic amines) is 1. The molecular formula is C50H79N7O12. The Morgan fingerprint density at radius 3 is 2.13 bits per heavy atom. The normalized spacial score (nSPS) is 21.3. The van der Waals surface area contributed by atoms with E-state index in [4.69, 9.17) is 28.8 Å². The Labute approximate surface area is 408 Å². The van der Waals surface area contributed by atoms with Gasteiger partial charge in [-0.25, -0.2) is 9.59 Å². The summed E-state index contributed by atoms with van der Waals surface area (Å²) in [7, 11) is 1.49. The van der Waals surface area contributed by atoms with Crippen LogP contribution in [0.25, 0.3) is 0 Å². The number of amides is 5. The van der Waals surface area contributed by atoms with Crippen molar-refractivity contribution < 1.29 is 57.6 Å². The molecule has 0 aromatic heterocycles. The molecule has 69 heavy (non-hydrogen) atoms. The minimum absolute atomic E-state index is 0.0683. The van der Waals surface area contributed by atoms with Crippen molar-refractivity contribution in [2.24, 2.45) is 5.92 Å². The van der Waals surface area contributed by atoms with E-state index in [2.05, 4.69) is 31.8 Å². The van der Waals surface area contributed by atoms with Gasteiger partial charge in [-0.3, -0.25) is 33.9 Å². The second kappa shape index (κ2) is 28.3. The molecule has 19 heteroatoms. The SMILES string of the molecule is C[C@@H](C(=O)NC(C(=O)N1C[C@@H](NC(=O)COCCOCCOCCOCCN2CCN(C/C=C/C(=O)O)CC2)C[C@H]1C(=O)N[C@@H]1CCCc2ccccc21)C1CCCCC1)N(C)C(=O)OC(C)(C)C. The van der Waals surface area contributed by atoms with Gasteiger partial charge in [0.2, 0.25) is 23.6 Å². The molecule has 2 aliphatic carbocycles. The number of hydrogen-bond acceptors (Lipinski definition) is 13. The van der Waals surface area contributed by atoms with E-state index in [1.54, 1.807) is 33.8 Å². The van der Waals surface area contributed by atoms with Gasteiger partial charge in [-0.15, -0.1) is 0 Å². The molecule has 0 radical (unpaired) electrons. The Morgan fingerprint density at radius 2 is 1.46 bits per heavy atom. The predicted molar refractivity (Wildman–Crippen MR) is 257 cm³/mol. The molecule has 5 rings (SSSR count). The fourth-order valence-corrected chi connectivity index (χ4v) is 9.36. The number of ether oxygens (including phenoxy) is 5. The largest absolute Gasteiger partial charge is 0.478 e. The minimum Gasteiger partial charge on any atom is -0.478 e. The van der Waals surface area contributed by atoms with Gasteiger partial charge in [-0.2, -0.15) is 0 Å². The number of fused-ring (bicyclic) bond motifs is 1. The maximum Gasteiger partial charge on any atom is 0.410 e. The smallest absolute Gasteiger partial charge is 0.410 e. The Balaban J connectivity index is 1.06. The summed E-state index contributed by atoms with van der Waals surface area (Å²) in [6.45, 7) is 14.4. The number of carboxylic acid groups (broad SMARTS) is 1. The molecule has 0 bridgehead atoms. The molecule has 4 aliphatic rings. The van der Waals surface area contributed by atoms with Crippen molar-refractivity contribution >= 4 is 35.7 Å². The molecule has 1 aromatic carbocycles. The van der Waals surface area contributed by atoms with Gasteiger partial charge < -0.3 is 49.6 Å². The van der Waals surface area contributed by atoms with E-state index in [9.17, 15) is 28.8 Å². The number of carbonyl (C=O) groups excluding carboxylic acids is 5. The van der Waals surface area contributed by atoms with Crippen LogP contribution in [0.15, 0.2) is 36.4 Å². The lowest BCUT2D eigenvalue weighted by molar-refractivity contribution is -0.143. The molecule has 2 heterocycles. The zero-order chi connectivity index (χ0) is 49.8. The van der Waals surface area contributed by atoms with E-state index in [1.807, 2.05) is 18.2 Å². The number of carboxylic acids is 1. The number of carbonyl (C=O) groups is 6. The van der Waals surface area contributed by atoms with Crippen LogP contribution in [-0.2, 0) is 54.1 Å². The molecule has 4 N–H and O–H groups in total. The van der Waals surface area contributed by atoms with E-state index in [0.717, 1.165) is 89.7 Å². The number of nitrogens with one attached hydrogen (secondary N) is 3. The van der Waals surface area contributed by atoms with Crippen LogP contribution < -0.4 is 16.0 Å². The molecule has 5 amide bonds. The fraction of sp³-hybridized carbons (Fsp3) is 0.720. The predicted octanol–water partition coefficient (Wildman–Crippen LogP) is 2.91. The average Bonchev–Trinajstić information content (AvgIpc) is 3.75. The summed E-state index contributed by atoms with van der Waals surface area (Å²) in [5, 5.41) is 18.0. The topological polar surface area (TPSA) is 218 Å². The molecule has 19 nitrogen and oxygen atoms in total. The highest BCUT2D eigenvalue weighted by Crippen LogP contribution is 2.32. The standard InChI is InChI=1S/C50H79N7O12/c1-36(54(5)49(64)69-50(2,3)4)46(61)53-45(38-14-7-6-8-15-38)48(63)57-34-39(33-42(57)47(62)52-41-18-11-16-37-13-9-10-17-40(37)41)51-43(58)35-68-32-31-67-30-29-66-28-27-65-26-25-56-23-21-55(22-24-56)20-12-19-44(59)60/h9-10,12-13,17,19,36,38-39,41-42,45H,6-8,11,14-16,18,20-35H2,1-5H3,(H,51,58)(H,52,62)(H,53,61)(H,59,60)/b19-12+/t36-,39-,41+,42-,45?/m0/s1. The number of hydrogen-bond donors (Lipinski definition) is 4. The van der Waals surface area contributed by atoms with Crippen molar-refractivity contribution in [1.82, 2.24) is 35.6 Å². The van der Waals surface area contributed by atoms with Crippen molar-refractivity contribution in [3.05, 3.63) is 47.5 Å². The highest BCUT2D eigenvalue weighted by Gasteiger charge is 2.45. The van der Waals surface area contributed by atoms with E-state index in [-0.39, 0.29) is 62.5 Å². The molecule has 386 valence electrons. The van der Waals surface area contributed by atoms with Gasteiger partial charge in [-0.05, 0) is 83.3 Å². The van der Waals surface area contributed by atoms with E-state index in [1.165, 1.54) is 28.5 Å². The molecule has 0 spiro atoms. The van der Waals surface area contributed by atoms with Gasteiger partial charge in [0.05, 0.1) is 52.3 Å². The van der Waals surface area contributed by atoms with E-state index in [0.29, 0.717) is 39.6 Å². The lowest BCUT2D eigenvalue weighted by Crippen LogP contribution is -2.59. The molecule has 2 saturated heterocycles. The van der Waals surface area contributed by atoms with Gasteiger partial charge in [0, 0.05) is 65.0 Å². The molecule has 1 saturated carbocycles. The summed E-state index contributed by atoms with van der Waals surface area (Å²) in [5.74, 6) is -2.69. The first-order valence-electron chi connectivity index (χ1n) is 25.0. The second-order valence-corrected chi connectivity index (χ2v) is 19.6. The maximum absolute atomic E-state index is 14.9. The number of aryl methyl sites for hydroxylation is 1. The van der Waals surface area contributed by atoms with Gasteiger partial charge in [-0.1, -0.05) is 49.6 Å². The first-order valence-corrected chi connectivity index (χ1v) is 25.0. The second-order valence-electron chi connectivity index (χ2n) is 19.6. The molecule has 5 atom stereocenters. The zero-order valence-corrected chi connectivity index (χ0v) is 41.6. The quantitative estimate of drug-likeness (QED) is 0.0819. The summed E-state index contributed by atoms with van der Waals surface area (Å²) < 4.78 is 28.1. The summed E-state index contributed by atoms with van der Waals surface area (Å²) in [5.41, 5.74) is 1.49.